The third-order valence-electron chi connectivity index (χ3n) is 2.96. The van der Waals surface area contributed by atoms with Crippen molar-refractivity contribution in [3.05, 3.63) is 59.2 Å². The van der Waals surface area contributed by atoms with Crippen LogP contribution in [-0.4, -0.2) is 5.78 Å². The molecule has 6 heteroatoms. The van der Waals surface area contributed by atoms with E-state index in [1.807, 2.05) is 0 Å². The lowest BCUT2D eigenvalue weighted by molar-refractivity contribution is -0.139. The second-order valence-electron chi connectivity index (χ2n) is 4.44. The van der Waals surface area contributed by atoms with E-state index in [1.165, 1.54) is 19.1 Å². The second kappa shape index (κ2) is 5.27. The lowest BCUT2D eigenvalue weighted by atomic mass is 9.99. The van der Waals surface area contributed by atoms with Crippen LogP contribution in [0.4, 0.5) is 22.0 Å². The zero-order chi connectivity index (χ0) is 15.8. The zero-order valence-electron chi connectivity index (χ0n) is 10.8. The predicted octanol–water partition coefficient (Wildman–Crippen LogP) is 4.85. The van der Waals surface area contributed by atoms with Crippen molar-refractivity contribution in [3.63, 3.8) is 0 Å². The Labute approximate surface area is 117 Å². The number of hydrogen-bond donors (Lipinski definition) is 0. The highest BCUT2D eigenvalue weighted by Crippen LogP contribution is 2.34. The Balaban J connectivity index is 2.55. The summed E-state index contributed by atoms with van der Waals surface area (Å²) in [6.45, 7) is 1.27. The summed E-state index contributed by atoms with van der Waals surface area (Å²) in [5, 5.41) is 0. The Morgan fingerprint density at radius 3 is 2.14 bits per heavy atom. The molecule has 1 nitrogen and oxygen atoms in total. The lowest BCUT2D eigenvalue weighted by Crippen LogP contribution is -2.08. The van der Waals surface area contributed by atoms with Crippen molar-refractivity contribution in [3.8, 4) is 11.1 Å². The van der Waals surface area contributed by atoms with E-state index in [4.69, 9.17) is 0 Å². The van der Waals surface area contributed by atoms with E-state index in [0.29, 0.717) is 12.1 Å². The van der Waals surface area contributed by atoms with Gasteiger partial charge in [-0.1, -0.05) is 6.07 Å². The van der Waals surface area contributed by atoms with Crippen molar-refractivity contribution in [2.75, 3.05) is 0 Å². The van der Waals surface area contributed by atoms with Crippen LogP contribution in [0.3, 0.4) is 0 Å². The molecule has 0 N–H and O–H groups in total. The molecule has 110 valence electrons. The van der Waals surface area contributed by atoms with Crippen LogP contribution in [0.15, 0.2) is 36.4 Å². The van der Waals surface area contributed by atoms with Gasteiger partial charge in [0.1, 0.15) is 11.6 Å². The van der Waals surface area contributed by atoms with E-state index in [0.717, 1.165) is 12.1 Å². The molecule has 21 heavy (non-hydrogen) atoms. The number of carbonyl (C=O) groups is 1. The van der Waals surface area contributed by atoms with Gasteiger partial charge in [0.2, 0.25) is 0 Å². The van der Waals surface area contributed by atoms with Gasteiger partial charge in [0.05, 0.1) is 5.56 Å². The molecule has 0 spiro atoms. The van der Waals surface area contributed by atoms with Crippen LogP contribution in [0.1, 0.15) is 22.8 Å². The predicted molar refractivity (Wildman–Crippen MR) is 66.8 cm³/mol. The number of hydrogen-bond acceptors (Lipinski definition) is 1. The number of rotatable bonds is 2. The molecule has 0 heterocycles. The van der Waals surface area contributed by atoms with Crippen molar-refractivity contribution >= 4 is 5.78 Å². The average molecular weight is 300 g/mol. The first-order valence-electron chi connectivity index (χ1n) is 5.88. The van der Waals surface area contributed by atoms with Crippen molar-refractivity contribution < 1.29 is 26.7 Å². The first-order valence-corrected chi connectivity index (χ1v) is 5.88. The number of ketones is 1. The maximum absolute atomic E-state index is 13.7. The van der Waals surface area contributed by atoms with Crippen molar-refractivity contribution in [1.29, 1.82) is 0 Å². The largest absolute Gasteiger partial charge is 0.419 e. The standard InChI is InChI=1S/C15H9F5O/c1-8(21)9-3-5-13(16)11(6-9)10-2-4-12(14(17)7-10)15(18,19)20/h2-7H,1H3. The van der Waals surface area contributed by atoms with Gasteiger partial charge >= 0.3 is 6.18 Å². The molecule has 0 aliphatic heterocycles. The van der Waals surface area contributed by atoms with Gasteiger partial charge in [-0.05, 0) is 42.8 Å². The third-order valence-corrected chi connectivity index (χ3v) is 2.96. The molecular weight excluding hydrogens is 291 g/mol. The Morgan fingerprint density at radius 1 is 0.952 bits per heavy atom. The zero-order valence-corrected chi connectivity index (χ0v) is 10.8. The smallest absolute Gasteiger partial charge is 0.295 e. The summed E-state index contributed by atoms with van der Waals surface area (Å²) in [5.74, 6) is -2.57. The number of Topliss-reactive ketones (excluding diaryl/α,β-unsaturated/α-hetero) is 1. The minimum atomic E-state index is -4.82. The fourth-order valence-electron chi connectivity index (χ4n) is 1.88. The van der Waals surface area contributed by atoms with Crippen LogP contribution in [-0.2, 0) is 6.18 Å². The van der Waals surface area contributed by atoms with Crippen LogP contribution in [0.5, 0.6) is 0 Å². The molecule has 0 unspecified atom stereocenters. The Morgan fingerprint density at radius 2 is 1.62 bits per heavy atom. The monoisotopic (exact) mass is 300 g/mol. The second-order valence-corrected chi connectivity index (χ2v) is 4.44. The fourth-order valence-corrected chi connectivity index (χ4v) is 1.88. The van der Waals surface area contributed by atoms with Crippen molar-refractivity contribution in [2.24, 2.45) is 0 Å². The molecule has 0 saturated carbocycles. The molecule has 2 aromatic carbocycles. The van der Waals surface area contributed by atoms with E-state index in [1.54, 1.807) is 0 Å². The van der Waals surface area contributed by atoms with Crippen LogP contribution in [0, 0.1) is 11.6 Å². The molecule has 0 fully saturated rings. The molecule has 2 aromatic rings. The molecule has 0 saturated heterocycles. The van der Waals surface area contributed by atoms with Gasteiger partial charge in [-0.15, -0.1) is 0 Å². The summed E-state index contributed by atoms with van der Waals surface area (Å²) < 4.78 is 64.7. The van der Waals surface area contributed by atoms with Gasteiger partial charge in [0, 0.05) is 11.1 Å². The van der Waals surface area contributed by atoms with Gasteiger partial charge < -0.3 is 0 Å². The molecule has 0 atom stereocenters. The van der Waals surface area contributed by atoms with Gasteiger partial charge in [0.25, 0.3) is 0 Å². The summed E-state index contributed by atoms with van der Waals surface area (Å²) in [6.07, 6.45) is -4.82. The summed E-state index contributed by atoms with van der Waals surface area (Å²) in [4.78, 5) is 11.2. The quantitative estimate of drug-likeness (QED) is 0.572. The Hall–Kier alpha value is -2.24. The summed E-state index contributed by atoms with van der Waals surface area (Å²) in [6, 6.07) is 5.56. The van der Waals surface area contributed by atoms with Crippen LogP contribution < -0.4 is 0 Å². The van der Waals surface area contributed by atoms with Crippen molar-refractivity contribution in [2.45, 2.75) is 13.1 Å². The summed E-state index contributed by atoms with van der Waals surface area (Å²) in [5.41, 5.74) is -1.43. The lowest BCUT2D eigenvalue weighted by Gasteiger charge is -2.10. The van der Waals surface area contributed by atoms with E-state index < -0.39 is 23.4 Å². The highest BCUT2D eigenvalue weighted by Gasteiger charge is 2.34. The number of halogens is 5. The van der Waals surface area contributed by atoms with Crippen LogP contribution in [0.25, 0.3) is 11.1 Å². The van der Waals surface area contributed by atoms with Gasteiger partial charge in [0.15, 0.2) is 5.78 Å². The van der Waals surface area contributed by atoms with E-state index in [2.05, 4.69) is 0 Å². The van der Waals surface area contributed by atoms with Crippen LogP contribution in [0.2, 0.25) is 0 Å². The molecule has 0 radical (unpaired) electrons. The van der Waals surface area contributed by atoms with E-state index in [-0.39, 0.29) is 22.5 Å². The first kappa shape index (κ1) is 15.2. The van der Waals surface area contributed by atoms with E-state index in [9.17, 15) is 26.7 Å². The molecule has 0 amide bonds. The topological polar surface area (TPSA) is 17.1 Å². The van der Waals surface area contributed by atoms with E-state index >= 15 is 0 Å². The van der Waals surface area contributed by atoms with Crippen molar-refractivity contribution in [1.82, 2.24) is 0 Å². The highest BCUT2D eigenvalue weighted by molar-refractivity contribution is 5.95. The Kier molecular flexibility index (Phi) is 3.80. The normalized spacial score (nSPS) is 11.5. The minimum Gasteiger partial charge on any atom is -0.295 e. The summed E-state index contributed by atoms with van der Waals surface area (Å²) >= 11 is 0. The van der Waals surface area contributed by atoms with Crippen LogP contribution >= 0.6 is 0 Å². The van der Waals surface area contributed by atoms with Gasteiger partial charge in [-0.3, -0.25) is 4.79 Å². The SMILES string of the molecule is CC(=O)c1ccc(F)c(-c2ccc(C(F)(F)F)c(F)c2)c1. The first-order chi connectivity index (χ1) is 9.70. The molecule has 0 aliphatic rings. The molecule has 0 aromatic heterocycles. The summed E-state index contributed by atoms with van der Waals surface area (Å²) in [7, 11) is 0. The highest BCUT2D eigenvalue weighted by atomic mass is 19.4. The average Bonchev–Trinajstić information content (AvgIpc) is 2.37. The number of carbonyl (C=O) groups excluding carboxylic acids is 1. The maximum atomic E-state index is 13.7. The number of benzene rings is 2. The third kappa shape index (κ3) is 3.09. The molecular formula is C15H9F5O. The number of alkyl halides is 3. The molecule has 0 aliphatic carbocycles. The maximum Gasteiger partial charge on any atom is 0.419 e. The van der Waals surface area contributed by atoms with Gasteiger partial charge in [-0.25, -0.2) is 8.78 Å². The minimum absolute atomic E-state index is 0.0684. The Bertz CT molecular complexity index is 704. The molecule has 0 bridgehead atoms. The molecule has 2 rings (SSSR count). The van der Waals surface area contributed by atoms with Gasteiger partial charge in [-0.2, -0.15) is 13.2 Å². The fraction of sp³-hybridized carbons (Fsp3) is 0.133.